The van der Waals surface area contributed by atoms with Crippen LogP contribution < -0.4 is 10.6 Å². The van der Waals surface area contributed by atoms with E-state index in [4.69, 9.17) is 10.5 Å². The molecule has 7 heteroatoms. The van der Waals surface area contributed by atoms with Gasteiger partial charge in [0, 0.05) is 25.1 Å². The van der Waals surface area contributed by atoms with Crippen LogP contribution in [0, 0.1) is 6.92 Å². The standard InChI is InChI=1S/C14H20N4OS2/c1-3-19-10-4-6-18(7-5-10)14-12(13(15)17-21-14)11-8-20-9(2)16-11/h8,10H,3-7H2,1-2H3,(H2,15,17). The van der Waals surface area contributed by atoms with Gasteiger partial charge < -0.3 is 15.4 Å². The summed E-state index contributed by atoms with van der Waals surface area (Å²) in [5.74, 6) is 0.590. The van der Waals surface area contributed by atoms with Gasteiger partial charge in [0.05, 0.1) is 22.4 Å². The number of ether oxygens (including phenoxy) is 1. The van der Waals surface area contributed by atoms with Crippen molar-refractivity contribution in [1.29, 1.82) is 0 Å². The highest BCUT2D eigenvalue weighted by molar-refractivity contribution is 7.11. The lowest BCUT2D eigenvalue weighted by Crippen LogP contribution is -2.36. The van der Waals surface area contributed by atoms with Crippen LogP contribution in [-0.2, 0) is 4.74 Å². The van der Waals surface area contributed by atoms with E-state index >= 15 is 0 Å². The molecule has 0 aromatic carbocycles. The highest BCUT2D eigenvalue weighted by atomic mass is 32.1. The predicted molar refractivity (Wildman–Crippen MR) is 89.2 cm³/mol. The molecule has 2 aromatic rings. The van der Waals surface area contributed by atoms with Crippen LogP contribution in [0.1, 0.15) is 24.8 Å². The maximum absolute atomic E-state index is 6.08. The van der Waals surface area contributed by atoms with Gasteiger partial charge in [-0.3, -0.25) is 0 Å². The van der Waals surface area contributed by atoms with Crippen LogP contribution in [-0.4, -0.2) is 35.2 Å². The van der Waals surface area contributed by atoms with Crippen molar-refractivity contribution in [3.8, 4) is 11.3 Å². The van der Waals surface area contributed by atoms with E-state index in [1.54, 1.807) is 11.3 Å². The van der Waals surface area contributed by atoms with Gasteiger partial charge in [0.1, 0.15) is 10.8 Å². The maximum Gasteiger partial charge on any atom is 0.148 e. The molecule has 0 radical (unpaired) electrons. The number of aromatic nitrogens is 2. The number of thiazole rings is 1. The fourth-order valence-corrected chi connectivity index (χ4v) is 4.17. The lowest BCUT2D eigenvalue weighted by molar-refractivity contribution is 0.0460. The summed E-state index contributed by atoms with van der Waals surface area (Å²) in [4.78, 5) is 6.94. The molecule has 2 N–H and O–H groups in total. The van der Waals surface area contributed by atoms with E-state index in [2.05, 4.69) is 26.6 Å². The fourth-order valence-electron chi connectivity index (χ4n) is 2.69. The Bertz CT molecular complexity index is 602. The van der Waals surface area contributed by atoms with Gasteiger partial charge >= 0.3 is 0 Å². The van der Waals surface area contributed by atoms with Crippen LogP contribution in [0.25, 0.3) is 11.3 Å². The summed E-state index contributed by atoms with van der Waals surface area (Å²) >= 11 is 3.12. The van der Waals surface area contributed by atoms with E-state index < -0.39 is 0 Å². The van der Waals surface area contributed by atoms with Crippen molar-refractivity contribution in [2.75, 3.05) is 30.3 Å². The van der Waals surface area contributed by atoms with Gasteiger partial charge in [0.15, 0.2) is 0 Å². The number of hydrogen-bond acceptors (Lipinski definition) is 7. The predicted octanol–water partition coefficient (Wildman–Crippen LogP) is 3.16. The van der Waals surface area contributed by atoms with E-state index in [1.807, 2.05) is 6.92 Å². The molecule has 3 rings (SSSR count). The van der Waals surface area contributed by atoms with E-state index in [9.17, 15) is 0 Å². The number of nitrogens with two attached hydrogens (primary N) is 1. The zero-order valence-electron chi connectivity index (χ0n) is 12.3. The monoisotopic (exact) mass is 324 g/mol. The van der Waals surface area contributed by atoms with Crippen LogP contribution in [0.2, 0.25) is 0 Å². The first-order valence-corrected chi connectivity index (χ1v) is 8.88. The molecule has 0 bridgehead atoms. The minimum absolute atomic E-state index is 0.390. The number of piperidine rings is 1. The molecule has 5 nitrogen and oxygen atoms in total. The van der Waals surface area contributed by atoms with Crippen molar-refractivity contribution in [1.82, 2.24) is 9.36 Å². The van der Waals surface area contributed by atoms with Crippen molar-refractivity contribution in [2.24, 2.45) is 0 Å². The first-order valence-electron chi connectivity index (χ1n) is 7.23. The van der Waals surface area contributed by atoms with Gasteiger partial charge in [-0.15, -0.1) is 11.3 Å². The zero-order chi connectivity index (χ0) is 14.8. The molecular formula is C14H20N4OS2. The maximum atomic E-state index is 6.08. The molecule has 3 heterocycles. The van der Waals surface area contributed by atoms with Crippen LogP contribution in [0.5, 0.6) is 0 Å². The Hall–Kier alpha value is -1.18. The number of hydrogen-bond donors (Lipinski definition) is 1. The molecule has 1 aliphatic heterocycles. The largest absolute Gasteiger partial charge is 0.382 e. The smallest absolute Gasteiger partial charge is 0.148 e. The molecular weight excluding hydrogens is 304 g/mol. The van der Waals surface area contributed by atoms with Gasteiger partial charge in [-0.05, 0) is 38.2 Å². The summed E-state index contributed by atoms with van der Waals surface area (Å²) in [6.45, 7) is 6.84. The third kappa shape index (κ3) is 3.04. The van der Waals surface area contributed by atoms with Crippen molar-refractivity contribution in [3.05, 3.63) is 10.4 Å². The Balaban J connectivity index is 1.81. The van der Waals surface area contributed by atoms with E-state index in [1.165, 1.54) is 11.5 Å². The molecule has 1 saturated heterocycles. The van der Waals surface area contributed by atoms with Crippen LogP contribution in [0.3, 0.4) is 0 Å². The number of anilines is 2. The van der Waals surface area contributed by atoms with Crippen molar-refractivity contribution in [3.63, 3.8) is 0 Å². The Morgan fingerprint density at radius 3 is 2.81 bits per heavy atom. The van der Waals surface area contributed by atoms with Gasteiger partial charge in [-0.1, -0.05) is 0 Å². The molecule has 21 heavy (non-hydrogen) atoms. The summed E-state index contributed by atoms with van der Waals surface area (Å²) < 4.78 is 10.1. The third-order valence-corrected chi connectivity index (χ3v) is 5.40. The van der Waals surface area contributed by atoms with Gasteiger partial charge in [-0.2, -0.15) is 4.37 Å². The van der Waals surface area contributed by atoms with Crippen LogP contribution in [0.15, 0.2) is 5.38 Å². The summed E-state index contributed by atoms with van der Waals surface area (Å²) in [7, 11) is 0. The summed E-state index contributed by atoms with van der Waals surface area (Å²) in [6.07, 6.45) is 2.50. The van der Waals surface area contributed by atoms with Gasteiger partial charge in [0.25, 0.3) is 0 Å². The highest BCUT2D eigenvalue weighted by Crippen LogP contribution is 2.40. The Labute approximate surface area is 132 Å². The second-order valence-electron chi connectivity index (χ2n) is 5.14. The van der Waals surface area contributed by atoms with Crippen molar-refractivity contribution in [2.45, 2.75) is 32.8 Å². The van der Waals surface area contributed by atoms with E-state index in [0.717, 1.165) is 53.8 Å². The summed E-state index contributed by atoms with van der Waals surface area (Å²) in [6, 6.07) is 0. The Morgan fingerprint density at radius 2 is 2.19 bits per heavy atom. The van der Waals surface area contributed by atoms with Crippen molar-refractivity contribution < 1.29 is 4.74 Å². The quantitative estimate of drug-likeness (QED) is 0.936. The topological polar surface area (TPSA) is 64.3 Å². The third-order valence-electron chi connectivity index (χ3n) is 3.71. The minimum atomic E-state index is 0.390. The second-order valence-corrected chi connectivity index (χ2v) is 6.96. The lowest BCUT2D eigenvalue weighted by atomic mass is 10.1. The van der Waals surface area contributed by atoms with Gasteiger partial charge in [0.2, 0.25) is 0 Å². The highest BCUT2D eigenvalue weighted by Gasteiger charge is 2.25. The number of rotatable bonds is 4. The average molecular weight is 324 g/mol. The van der Waals surface area contributed by atoms with Crippen LogP contribution >= 0.6 is 22.9 Å². The molecule has 0 spiro atoms. The first kappa shape index (κ1) is 14.7. The fraction of sp³-hybridized carbons (Fsp3) is 0.571. The molecule has 0 amide bonds. The van der Waals surface area contributed by atoms with Crippen molar-refractivity contribution >= 4 is 33.7 Å². The molecule has 0 atom stereocenters. The lowest BCUT2D eigenvalue weighted by Gasteiger charge is -2.32. The summed E-state index contributed by atoms with van der Waals surface area (Å²) in [5, 5.41) is 4.26. The summed E-state index contributed by atoms with van der Waals surface area (Å²) in [5.41, 5.74) is 8.03. The Morgan fingerprint density at radius 1 is 1.43 bits per heavy atom. The number of nitrogens with zero attached hydrogens (tertiary/aromatic N) is 3. The molecule has 0 saturated carbocycles. The minimum Gasteiger partial charge on any atom is -0.382 e. The molecule has 1 fully saturated rings. The molecule has 1 aliphatic rings. The molecule has 0 unspecified atom stereocenters. The van der Waals surface area contributed by atoms with Crippen LogP contribution in [0.4, 0.5) is 10.8 Å². The SMILES string of the molecule is CCOC1CCN(c2snc(N)c2-c2csc(C)n2)CC1. The normalized spacial score (nSPS) is 16.6. The van der Waals surface area contributed by atoms with E-state index in [-0.39, 0.29) is 0 Å². The first-order chi connectivity index (χ1) is 10.2. The molecule has 114 valence electrons. The van der Waals surface area contributed by atoms with Gasteiger partial charge in [-0.25, -0.2) is 4.98 Å². The number of nitrogen functional groups attached to an aromatic ring is 1. The average Bonchev–Trinajstić information content (AvgIpc) is 3.06. The second kappa shape index (κ2) is 6.29. The Kier molecular flexibility index (Phi) is 4.42. The van der Waals surface area contributed by atoms with E-state index in [0.29, 0.717) is 11.9 Å². The zero-order valence-corrected chi connectivity index (χ0v) is 14.0. The molecule has 2 aromatic heterocycles. The number of aryl methyl sites for hydroxylation is 1. The molecule has 0 aliphatic carbocycles.